The van der Waals surface area contributed by atoms with Gasteiger partial charge < -0.3 is 10.5 Å². The van der Waals surface area contributed by atoms with Crippen LogP contribution in [0.1, 0.15) is 5.56 Å². The van der Waals surface area contributed by atoms with E-state index in [1.54, 1.807) is 0 Å². The van der Waals surface area contributed by atoms with Crippen LogP contribution in [0.4, 0.5) is 8.78 Å². The van der Waals surface area contributed by atoms with Crippen LogP contribution in [0.15, 0.2) is 60.7 Å². The first-order chi connectivity index (χ1) is 12.2. The molecule has 1 aliphatic heterocycles. The second kappa shape index (κ2) is 6.30. The molecule has 126 valence electrons. The molecule has 0 fully saturated rings. The summed E-state index contributed by atoms with van der Waals surface area (Å²) in [6, 6.07) is 17.4. The molecule has 0 amide bonds. The van der Waals surface area contributed by atoms with E-state index in [0.29, 0.717) is 29.8 Å². The van der Waals surface area contributed by atoms with Crippen LogP contribution in [0.25, 0.3) is 22.3 Å². The SMILES string of the molecule is NCC1Cc2cc(-c3ccccc3)cc(-c3ccc(F)cc3F)c2O1. The van der Waals surface area contributed by atoms with Gasteiger partial charge in [0.2, 0.25) is 0 Å². The van der Waals surface area contributed by atoms with Gasteiger partial charge in [0.1, 0.15) is 23.5 Å². The van der Waals surface area contributed by atoms with Gasteiger partial charge in [0.15, 0.2) is 0 Å². The highest BCUT2D eigenvalue weighted by Gasteiger charge is 2.27. The minimum Gasteiger partial charge on any atom is -0.488 e. The third kappa shape index (κ3) is 2.89. The number of fused-ring (bicyclic) bond motifs is 1. The summed E-state index contributed by atoms with van der Waals surface area (Å²) in [4.78, 5) is 0. The van der Waals surface area contributed by atoms with Crippen LogP contribution in [-0.4, -0.2) is 12.6 Å². The molecule has 4 heteroatoms. The van der Waals surface area contributed by atoms with E-state index in [2.05, 4.69) is 6.07 Å². The quantitative estimate of drug-likeness (QED) is 0.760. The maximum absolute atomic E-state index is 14.4. The van der Waals surface area contributed by atoms with E-state index in [-0.39, 0.29) is 6.10 Å². The fourth-order valence-corrected chi connectivity index (χ4v) is 3.27. The standard InChI is InChI=1S/C21H17F2NO/c22-16-6-7-18(20(23)11-16)19-10-14(13-4-2-1-3-5-13)8-15-9-17(12-24)25-21(15)19/h1-8,10-11,17H,9,12,24H2. The molecule has 3 aromatic rings. The molecule has 0 saturated carbocycles. The minimum atomic E-state index is -0.604. The van der Waals surface area contributed by atoms with E-state index >= 15 is 0 Å². The molecule has 1 heterocycles. The minimum absolute atomic E-state index is 0.122. The fraction of sp³-hybridized carbons (Fsp3) is 0.143. The van der Waals surface area contributed by atoms with Gasteiger partial charge in [0.05, 0.1) is 0 Å². The zero-order chi connectivity index (χ0) is 17.4. The Morgan fingerprint density at radius 3 is 2.44 bits per heavy atom. The van der Waals surface area contributed by atoms with E-state index in [4.69, 9.17) is 10.5 Å². The van der Waals surface area contributed by atoms with Crippen LogP contribution >= 0.6 is 0 Å². The van der Waals surface area contributed by atoms with Crippen molar-refractivity contribution in [2.45, 2.75) is 12.5 Å². The second-order valence-electron chi connectivity index (χ2n) is 6.18. The van der Waals surface area contributed by atoms with Gasteiger partial charge in [-0.2, -0.15) is 0 Å². The van der Waals surface area contributed by atoms with Crippen molar-refractivity contribution >= 4 is 0 Å². The van der Waals surface area contributed by atoms with E-state index in [1.165, 1.54) is 12.1 Å². The van der Waals surface area contributed by atoms with E-state index in [9.17, 15) is 8.78 Å². The molecule has 0 spiro atoms. The first kappa shape index (κ1) is 15.8. The molecule has 0 aliphatic carbocycles. The molecular formula is C21H17F2NO. The molecular weight excluding hydrogens is 320 g/mol. The number of halogens is 2. The third-order valence-electron chi connectivity index (χ3n) is 4.49. The summed E-state index contributed by atoms with van der Waals surface area (Å²) in [6.45, 7) is 0.390. The van der Waals surface area contributed by atoms with Gasteiger partial charge in [-0.05, 0) is 41.0 Å². The van der Waals surface area contributed by atoms with Crippen molar-refractivity contribution in [1.29, 1.82) is 0 Å². The van der Waals surface area contributed by atoms with E-state index in [1.807, 2.05) is 36.4 Å². The summed E-state index contributed by atoms with van der Waals surface area (Å²) < 4.78 is 33.6. The summed E-state index contributed by atoms with van der Waals surface area (Å²) in [5, 5.41) is 0. The maximum Gasteiger partial charge on any atom is 0.134 e. The fourth-order valence-electron chi connectivity index (χ4n) is 3.27. The van der Waals surface area contributed by atoms with Crippen molar-refractivity contribution < 1.29 is 13.5 Å². The van der Waals surface area contributed by atoms with Gasteiger partial charge in [0, 0.05) is 30.2 Å². The Morgan fingerprint density at radius 2 is 1.72 bits per heavy atom. The van der Waals surface area contributed by atoms with Crippen molar-refractivity contribution in [3.63, 3.8) is 0 Å². The first-order valence-electron chi connectivity index (χ1n) is 8.20. The summed E-state index contributed by atoms with van der Waals surface area (Å²) in [6.07, 6.45) is 0.561. The van der Waals surface area contributed by atoms with Crippen LogP contribution in [-0.2, 0) is 6.42 Å². The summed E-state index contributed by atoms with van der Waals surface area (Å²) in [5.41, 5.74) is 9.71. The number of hydrogen-bond acceptors (Lipinski definition) is 2. The smallest absolute Gasteiger partial charge is 0.134 e. The maximum atomic E-state index is 14.4. The molecule has 1 aliphatic rings. The molecule has 2 nitrogen and oxygen atoms in total. The van der Waals surface area contributed by atoms with Crippen molar-refractivity contribution in [1.82, 2.24) is 0 Å². The summed E-state index contributed by atoms with van der Waals surface area (Å²) >= 11 is 0. The largest absolute Gasteiger partial charge is 0.488 e. The summed E-state index contributed by atoms with van der Waals surface area (Å²) in [5.74, 6) is -0.564. The highest BCUT2D eigenvalue weighted by atomic mass is 19.1. The molecule has 1 atom stereocenters. The monoisotopic (exact) mass is 337 g/mol. The molecule has 1 unspecified atom stereocenters. The number of ether oxygens (including phenoxy) is 1. The zero-order valence-electron chi connectivity index (χ0n) is 13.5. The Hall–Kier alpha value is -2.72. The number of rotatable bonds is 3. The lowest BCUT2D eigenvalue weighted by molar-refractivity contribution is 0.242. The average molecular weight is 337 g/mol. The summed E-state index contributed by atoms with van der Waals surface area (Å²) in [7, 11) is 0. The average Bonchev–Trinajstić information content (AvgIpc) is 3.05. The molecule has 4 rings (SSSR count). The van der Waals surface area contributed by atoms with Crippen molar-refractivity contribution in [2.75, 3.05) is 6.54 Å². The van der Waals surface area contributed by atoms with Gasteiger partial charge in [-0.25, -0.2) is 8.78 Å². The van der Waals surface area contributed by atoms with Crippen molar-refractivity contribution in [3.8, 4) is 28.0 Å². The topological polar surface area (TPSA) is 35.2 Å². The number of benzene rings is 3. The van der Waals surface area contributed by atoms with E-state index in [0.717, 1.165) is 22.8 Å². The van der Waals surface area contributed by atoms with Crippen LogP contribution in [0.5, 0.6) is 5.75 Å². The highest BCUT2D eigenvalue weighted by Crippen LogP contribution is 2.42. The molecule has 3 aromatic carbocycles. The Balaban J connectivity index is 1.92. The molecule has 0 saturated heterocycles. The highest BCUT2D eigenvalue weighted by molar-refractivity contribution is 5.80. The third-order valence-corrected chi connectivity index (χ3v) is 4.49. The van der Waals surface area contributed by atoms with Crippen molar-refractivity contribution in [2.24, 2.45) is 5.73 Å². The second-order valence-corrected chi connectivity index (χ2v) is 6.18. The Morgan fingerprint density at radius 1 is 0.920 bits per heavy atom. The Kier molecular flexibility index (Phi) is 3.98. The Bertz CT molecular complexity index is 925. The normalized spacial score (nSPS) is 15.7. The molecule has 2 N–H and O–H groups in total. The molecule has 0 aromatic heterocycles. The van der Waals surface area contributed by atoms with Crippen LogP contribution in [0.2, 0.25) is 0 Å². The van der Waals surface area contributed by atoms with Gasteiger partial charge in [0.25, 0.3) is 0 Å². The molecule has 0 bridgehead atoms. The van der Waals surface area contributed by atoms with Gasteiger partial charge in [-0.1, -0.05) is 30.3 Å². The number of nitrogens with two attached hydrogens (primary N) is 1. The lowest BCUT2D eigenvalue weighted by Gasteiger charge is -2.14. The van der Waals surface area contributed by atoms with Crippen LogP contribution in [0.3, 0.4) is 0 Å². The lowest BCUT2D eigenvalue weighted by atomic mass is 9.94. The molecule has 25 heavy (non-hydrogen) atoms. The van der Waals surface area contributed by atoms with Gasteiger partial charge >= 0.3 is 0 Å². The zero-order valence-corrected chi connectivity index (χ0v) is 13.5. The molecule has 0 radical (unpaired) electrons. The van der Waals surface area contributed by atoms with Crippen LogP contribution in [0, 0.1) is 11.6 Å². The number of hydrogen-bond donors (Lipinski definition) is 1. The van der Waals surface area contributed by atoms with Crippen molar-refractivity contribution in [3.05, 3.63) is 77.9 Å². The van der Waals surface area contributed by atoms with Gasteiger partial charge in [-0.15, -0.1) is 0 Å². The first-order valence-corrected chi connectivity index (χ1v) is 8.20. The Labute approximate surface area is 144 Å². The van der Waals surface area contributed by atoms with E-state index < -0.39 is 11.6 Å². The lowest BCUT2D eigenvalue weighted by Crippen LogP contribution is -2.24. The predicted octanol–water partition coefficient (Wildman–Crippen LogP) is 4.56. The van der Waals surface area contributed by atoms with Gasteiger partial charge in [-0.3, -0.25) is 0 Å². The van der Waals surface area contributed by atoms with Crippen LogP contribution < -0.4 is 10.5 Å². The predicted molar refractivity (Wildman–Crippen MR) is 94.4 cm³/mol.